The first-order chi connectivity index (χ1) is 13.4. The van der Waals surface area contributed by atoms with Crippen LogP contribution in [-0.4, -0.2) is 37.0 Å². The van der Waals surface area contributed by atoms with Gasteiger partial charge in [-0.1, -0.05) is 12.1 Å². The number of benzene rings is 1. The highest BCUT2D eigenvalue weighted by Crippen LogP contribution is 2.23. The molecule has 3 N–H and O–H groups in total. The van der Waals surface area contributed by atoms with E-state index >= 15 is 0 Å². The van der Waals surface area contributed by atoms with Crippen LogP contribution in [0.4, 0.5) is 5.95 Å². The van der Waals surface area contributed by atoms with Gasteiger partial charge in [0.05, 0.1) is 17.9 Å². The summed E-state index contributed by atoms with van der Waals surface area (Å²) in [6.45, 7) is 5.44. The third-order valence-electron chi connectivity index (χ3n) is 3.50. The van der Waals surface area contributed by atoms with Crippen LogP contribution in [0.2, 0.25) is 0 Å². The summed E-state index contributed by atoms with van der Waals surface area (Å²) in [5, 5.41) is 7.90. The summed E-state index contributed by atoms with van der Waals surface area (Å²) >= 11 is 0. The van der Waals surface area contributed by atoms with Gasteiger partial charge in [0.2, 0.25) is 21.9 Å². The van der Waals surface area contributed by atoms with Gasteiger partial charge in [-0.05, 0) is 38.5 Å². The molecule has 0 unspecified atom stereocenters. The number of aryl methyl sites for hydroxylation is 1. The molecule has 0 saturated heterocycles. The lowest BCUT2D eigenvalue weighted by Gasteiger charge is -2.19. The number of nitrogens with zero attached hydrogens (tertiary/aromatic N) is 2. The molecular weight excluding hydrogens is 396 g/mol. The summed E-state index contributed by atoms with van der Waals surface area (Å²) in [6.07, 6.45) is 0.551. The molecule has 29 heavy (non-hydrogen) atoms. The molecule has 0 fully saturated rings. The molecule has 1 aromatic carbocycles. The maximum Gasteiger partial charge on any atom is 0.306 e. The van der Waals surface area contributed by atoms with Gasteiger partial charge in [-0.15, -0.1) is 0 Å². The van der Waals surface area contributed by atoms with Crippen molar-refractivity contribution in [3.05, 3.63) is 41.6 Å². The molecule has 0 atom stereocenters. The fraction of sp³-hybridized carbons (Fsp3) is 0.421. The van der Waals surface area contributed by atoms with E-state index in [0.29, 0.717) is 35.3 Å². The molecule has 2 aromatic rings. The molecule has 0 aliphatic heterocycles. The molecule has 9 nitrogen and oxygen atoms in total. The van der Waals surface area contributed by atoms with Crippen LogP contribution in [0, 0.1) is 0 Å². The number of aromatic nitrogens is 2. The lowest BCUT2D eigenvalue weighted by molar-refractivity contribution is -0.154. The Morgan fingerprint density at radius 3 is 2.38 bits per heavy atom. The maximum atomic E-state index is 11.9. The van der Waals surface area contributed by atoms with Gasteiger partial charge in [-0.3, -0.25) is 4.79 Å². The Balaban J connectivity index is 2.09. The fourth-order valence-corrected chi connectivity index (χ4v) is 3.05. The molecule has 0 aliphatic carbocycles. The third kappa shape index (κ3) is 8.44. The van der Waals surface area contributed by atoms with Gasteiger partial charge in [-0.25, -0.2) is 18.5 Å². The van der Waals surface area contributed by atoms with Crippen molar-refractivity contribution < 1.29 is 22.7 Å². The second kappa shape index (κ2) is 9.19. The minimum absolute atomic E-state index is 0.180. The van der Waals surface area contributed by atoms with E-state index in [9.17, 15) is 13.2 Å². The molecule has 1 heterocycles. The summed E-state index contributed by atoms with van der Waals surface area (Å²) in [4.78, 5) is 20.5. The van der Waals surface area contributed by atoms with Crippen molar-refractivity contribution >= 4 is 21.9 Å². The van der Waals surface area contributed by atoms with Crippen molar-refractivity contribution in [3.8, 4) is 11.6 Å². The van der Waals surface area contributed by atoms with Crippen molar-refractivity contribution in [1.29, 1.82) is 0 Å². The van der Waals surface area contributed by atoms with E-state index in [0.717, 1.165) is 0 Å². The van der Waals surface area contributed by atoms with Gasteiger partial charge in [-0.2, -0.15) is 4.98 Å². The van der Waals surface area contributed by atoms with Gasteiger partial charge < -0.3 is 14.8 Å². The Labute approximate surface area is 170 Å². The highest BCUT2D eigenvalue weighted by Gasteiger charge is 2.17. The predicted octanol–water partition coefficient (Wildman–Crippen LogP) is 2.37. The number of carbonyl (C=O) groups is 1. The molecule has 0 bridgehead atoms. The SMILES string of the molecule is CNc1nc(CCC(=O)OC(C)(C)C)cc(Oc2ccc(CS(N)(=O)=O)cc2)n1. The Morgan fingerprint density at radius 2 is 1.83 bits per heavy atom. The zero-order valence-corrected chi connectivity index (χ0v) is 17.7. The monoisotopic (exact) mass is 422 g/mol. The molecule has 0 spiro atoms. The van der Waals surface area contributed by atoms with Crippen LogP contribution >= 0.6 is 0 Å². The molecule has 2 rings (SSSR count). The quantitative estimate of drug-likeness (QED) is 0.619. The van der Waals surface area contributed by atoms with Crippen molar-refractivity contribution in [3.63, 3.8) is 0 Å². The number of sulfonamides is 1. The van der Waals surface area contributed by atoms with Gasteiger partial charge in [0.15, 0.2) is 0 Å². The number of carbonyl (C=O) groups excluding carboxylic acids is 1. The smallest absolute Gasteiger partial charge is 0.306 e. The van der Waals surface area contributed by atoms with E-state index in [4.69, 9.17) is 14.6 Å². The zero-order valence-electron chi connectivity index (χ0n) is 16.9. The largest absolute Gasteiger partial charge is 0.460 e. The molecule has 0 aliphatic rings. The Kier molecular flexibility index (Phi) is 7.15. The first-order valence-electron chi connectivity index (χ1n) is 8.98. The van der Waals surface area contributed by atoms with Crippen LogP contribution < -0.4 is 15.2 Å². The van der Waals surface area contributed by atoms with Crippen molar-refractivity contribution in [2.45, 2.75) is 45.0 Å². The molecule has 0 amide bonds. The summed E-state index contributed by atoms with van der Waals surface area (Å²) in [5.74, 6) is 0.562. The lowest BCUT2D eigenvalue weighted by atomic mass is 10.2. The topological polar surface area (TPSA) is 134 Å². The summed E-state index contributed by atoms with van der Waals surface area (Å²) < 4.78 is 33.4. The molecule has 0 radical (unpaired) electrons. The van der Waals surface area contributed by atoms with E-state index in [1.165, 1.54) is 0 Å². The van der Waals surface area contributed by atoms with Crippen LogP contribution in [0.1, 0.15) is 38.4 Å². The van der Waals surface area contributed by atoms with Crippen molar-refractivity contribution in [1.82, 2.24) is 9.97 Å². The van der Waals surface area contributed by atoms with Crippen molar-refractivity contribution in [2.24, 2.45) is 5.14 Å². The number of hydrogen-bond donors (Lipinski definition) is 2. The highest BCUT2D eigenvalue weighted by atomic mass is 32.2. The average Bonchev–Trinajstić information content (AvgIpc) is 2.59. The van der Waals surface area contributed by atoms with Crippen LogP contribution in [-0.2, 0) is 31.7 Å². The average molecular weight is 423 g/mol. The summed E-state index contributed by atoms with van der Waals surface area (Å²) in [5.41, 5.74) is 0.635. The summed E-state index contributed by atoms with van der Waals surface area (Å²) in [7, 11) is -1.92. The van der Waals surface area contributed by atoms with E-state index in [1.807, 2.05) is 20.8 Å². The maximum absolute atomic E-state index is 11.9. The van der Waals surface area contributed by atoms with Crippen molar-refractivity contribution in [2.75, 3.05) is 12.4 Å². The van der Waals surface area contributed by atoms with Crippen LogP contribution in [0.15, 0.2) is 30.3 Å². The lowest BCUT2D eigenvalue weighted by Crippen LogP contribution is -2.24. The number of nitrogens with two attached hydrogens (primary N) is 1. The molecule has 1 aromatic heterocycles. The van der Waals surface area contributed by atoms with Crippen LogP contribution in [0.3, 0.4) is 0 Å². The standard InChI is InChI=1S/C19H26N4O5S/c1-19(2,3)28-17(24)10-7-14-11-16(23-18(21-4)22-14)27-15-8-5-13(6-9-15)12-29(20,25)26/h5-6,8-9,11H,7,10,12H2,1-4H3,(H2,20,25,26)(H,21,22,23). The van der Waals surface area contributed by atoms with E-state index in [2.05, 4.69) is 15.3 Å². The van der Waals surface area contributed by atoms with Gasteiger partial charge in [0, 0.05) is 19.5 Å². The van der Waals surface area contributed by atoms with Crippen LogP contribution in [0.25, 0.3) is 0 Å². The number of ether oxygens (including phenoxy) is 2. The Bertz CT molecular complexity index is 954. The molecule has 10 heteroatoms. The number of anilines is 1. The number of primary sulfonamides is 1. The second-order valence-electron chi connectivity index (χ2n) is 7.41. The molecule has 0 saturated carbocycles. The molecule has 158 valence electrons. The number of nitrogens with one attached hydrogen (secondary N) is 1. The highest BCUT2D eigenvalue weighted by molar-refractivity contribution is 7.88. The number of esters is 1. The van der Waals surface area contributed by atoms with Gasteiger partial charge in [0.25, 0.3) is 0 Å². The Morgan fingerprint density at radius 1 is 1.17 bits per heavy atom. The first kappa shape index (κ1) is 22.6. The van der Waals surface area contributed by atoms with Gasteiger partial charge >= 0.3 is 5.97 Å². The second-order valence-corrected chi connectivity index (χ2v) is 9.03. The molecular formula is C19H26N4O5S. The number of hydrogen-bond acceptors (Lipinski definition) is 8. The fourth-order valence-electron chi connectivity index (χ4n) is 2.39. The van der Waals surface area contributed by atoms with Crippen LogP contribution in [0.5, 0.6) is 11.6 Å². The van der Waals surface area contributed by atoms with Gasteiger partial charge in [0.1, 0.15) is 11.4 Å². The first-order valence-corrected chi connectivity index (χ1v) is 10.7. The van der Waals surface area contributed by atoms with E-state index in [-0.39, 0.29) is 18.1 Å². The zero-order chi connectivity index (χ0) is 21.7. The Hall–Kier alpha value is -2.72. The summed E-state index contributed by atoms with van der Waals surface area (Å²) in [6, 6.07) is 8.13. The normalized spacial score (nSPS) is 11.8. The van der Waals surface area contributed by atoms with E-state index < -0.39 is 15.6 Å². The van der Waals surface area contributed by atoms with E-state index in [1.54, 1.807) is 37.4 Å². The third-order valence-corrected chi connectivity index (χ3v) is 4.23. The minimum Gasteiger partial charge on any atom is -0.460 e. The minimum atomic E-state index is -3.60. The predicted molar refractivity (Wildman–Crippen MR) is 109 cm³/mol. The number of rotatable bonds is 8.